The lowest BCUT2D eigenvalue weighted by Crippen LogP contribution is -2.28. The lowest BCUT2D eigenvalue weighted by molar-refractivity contribution is 0.0953. The molecule has 22 heavy (non-hydrogen) atoms. The summed E-state index contributed by atoms with van der Waals surface area (Å²) in [6.45, 7) is 0.230. The monoisotopic (exact) mass is 319 g/mol. The molecule has 2 rings (SSSR count). The van der Waals surface area contributed by atoms with E-state index in [1.54, 1.807) is 0 Å². The lowest BCUT2D eigenvalue weighted by Gasteiger charge is -2.08. The minimum Gasteiger partial charge on any atom is -0.504 e. The zero-order valence-corrected chi connectivity index (χ0v) is 12.7. The first-order valence-corrected chi connectivity index (χ1v) is 8.25. The molecule has 0 aliphatic heterocycles. The van der Waals surface area contributed by atoms with Crippen LogP contribution in [0.1, 0.15) is 15.9 Å². The molecular weight excluding hydrogens is 302 g/mol. The molecule has 0 saturated heterocycles. The van der Waals surface area contributed by atoms with E-state index in [0.29, 0.717) is 11.5 Å². The number of hydrogen-bond donors (Lipinski definition) is 3. The molecule has 1 amide bonds. The molecule has 2 aromatic rings. The Kier molecular flexibility index (Phi) is 5.55. The van der Waals surface area contributed by atoms with Crippen molar-refractivity contribution in [3.05, 3.63) is 59.7 Å². The van der Waals surface area contributed by atoms with Crippen molar-refractivity contribution in [1.82, 2.24) is 5.32 Å². The Labute approximate surface area is 131 Å². The summed E-state index contributed by atoms with van der Waals surface area (Å²) in [7, 11) is -1.08. The molecule has 0 aromatic heterocycles. The first-order chi connectivity index (χ1) is 10.6. The SMILES string of the molecule is O=C(NCC[S@](=O)Cc1ccccc1)c1cccc(O)c1O. The summed E-state index contributed by atoms with van der Waals surface area (Å²) in [6.07, 6.45) is 0. The molecule has 6 heteroatoms. The summed E-state index contributed by atoms with van der Waals surface area (Å²) in [5, 5.41) is 21.5. The van der Waals surface area contributed by atoms with Crippen LogP contribution in [-0.4, -0.2) is 32.6 Å². The van der Waals surface area contributed by atoms with Crippen LogP contribution in [0.2, 0.25) is 0 Å². The number of carbonyl (C=O) groups is 1. The molecule has 0 spiro atoms. The lowest BCUT2D eigenvalue weighted by atomic mass is 10.2. The highest BCUT2D eigenvalue weighted by atomic mass is 32.2. The number of hydrogen-bond acceptors (Lipinski definition) is 4. The van der Waals surface area contributed by atoms with Gasteiger partial charge in [-0.25, -0.2) is 0 Å². The van der Waals surface area contributed by atoms with Crippen molar-refractivity contribution in [3.8, 4) is 11.5 Å². The van der Waals surface area contributed by atoms with Gasteiger partial charge in [-0.05, 0) is 17.7 Å². The summed E-state index contributed by atoms with van der Waals surface area (Å²) in [6, 6.07) is 13.7. The number of nitrogens with one attached hydrogen (secondary N) is 1. The minimum absolute atomic E-state index is 0.00570. The summed E-state index contributed by atoms with van der Waals surface area (Å²) < 4.78 is 11.9. The van der Waals surface area contributed by atoms with E-state index >= 15 is 0 Å². The maximum Gasteiger partial charge on any atom is 0.255 e. The van der Waals surface area contributed by atoms with Crippen molar-refractivity contribution >= 4 is 16.7 Å². The molecule has 0 radical (unpaired) electrons. The van der Waals surface area contributed by atoms with Gasteiger partial charge in [-0.1, -0.05) is 36.4 Å². The first kappa shape index (κ1) is 16.0. The summed E-state index contributed by atoms with van der Waals surface area (Å²) in [5.41, 5.74) is 0.978. The molecule has 0 saturated carbocycles. The quantitative estimate of drug-likeness (QED) is 0.708. The molecule has 0 aliphatic rings. The molecule has 0 heterocycles. The zero-order chi connectivity index (χ0) is 15.9. The molecule has 5 nitrogen and oxygen atoms in total. The predicted octanol–water partition coefficient (Wildman–Crippen LogP) is 1.78. The van der Waals surface area contributed by atoms with E-state index in [0.717, 1.165) is 5.56 Å². The average molecular weight is 319 g/mol. The van der Waals surface area contributed by atoms with Crippen LogP contribution in [-0.2, 0) is 16.6 Å². The van der Waals surface area contributed by atoms with Gasteiger partial charge in [0.05, 0.1) is 5.56 Å². The van der Waals surface area contributed by atoms with Gasteiger partial charge in [0.1, 0.15) is 0 Å². The standard InChI is InChI=1S/C16H17NO4S/c18-14-8-4-7-13(15(14)19)16(20)17-9-10-22(21)11-12-5-2-1-3-6-12/h1-8,18-19H,9-11H2,(H,17,20)/t22-/m0/s1. The maximum absolute atomic E-state index is 11.9. The number of aromatic hydroxyl groups is 2. The number of benzene rings is 2. The Morgan fingerprint density at radius 1 is 1.05 bits per heavy atom. The van der Waals surface area contributed by atoms with Gasteiger partial charge in [-0.2, -0.15) is 0 Å². The van der Waals surface area contributed by atoms with E-state index in [-0.39, 0.29) is 17.9 Å². The van der Waals surface area contributed by atoms with Gasteiger partial charge in [-0.15, -0.1) is 0 Å². The van der Waals surface area contributed by atoms with Gasteiger partial charge in [-0.3, -0.25) is 9.00 Å². The average Bonchev–Trinajstić information content (AvgIpc) is 2.51. The fraction of sp³-hybridized carbons (Fsp3) is 0.188. The number of para-hydroxylation sites is 1. The van der Waals surface area contributed by atoms with Gasteiger partial charge < -0.3 is 15.5 Å². The van der Waals surface area contributed by atoms with Crippen LogP contribution in [0.5, 0.6) is 11.5 Å². The highest BCUT2D eigenvalue weighted by Crippen LogP contribution is 2.27. The van der Waals surface area contributed by atoms with Crippen LogP contribution < -0.4 is 5.32 Å². The molecule has 2 aromatic carbocycles. The number of phenols is 2. The van der Waals surface area contributed by atoms with Crippen LogP contribution in [0.3, 0.4) is 0 Å². The smallest absolute Gasteiger partial charge is 0.255 e. The van der Waals surface area contributed by atoms with Gasteiger partial charge in [0.25, 0.3) is 5.91 Å². The van der Waals surface area contributed by atoms with E-state index in [9.17, 15) is 19.2 Å². The van der Waals surface area contributed by atoms with Crippen molar-refractivity contribution in [1.29, 1.82) is 0 Å². The predicted molar refractivity (Wildman–Crippen MR) is 85.3 cm³/mol. The molecule has 0 unspecified atom stereocenters. The molecule has 116 valence electrons. The third-order valence-corrected chi connectivity index (χ3v) is 4.36. The first-order valence-electron chi connectivity index (χ1n) is 6.76. The highest BCUT2D eigenvalue weighted by Gasteiger charge is 2.13. The van der Waals surface area contributed by atoms with Gasteiger partial charge in [0.2, 0.25) is 0 Å². The summed E-state index contributed by atoms with van der Waals surface area (Å²) in [4.78, 5) is 11.9. The van der Waals surface area contributed by atoms with Gasteiger partial charge in [0.15, 0.2) is 11.5 Å². The van der Waals surface area contributed by atoms with Crippen molar-refractivity contribution in [2.24, 2.45) is 0 Å². The Morgan fingerprint density at radius 2 is 1.77 bits per heavy atom. The highest BCUT2D eigenvalue weighted by molar-refractivity contribution is 7.84. The second kappa shape index (κ2) is 7.61. The third-order valence-electron chi connectivity index (χ3n) is 3.05. The largest absolute Gasteiger partial charge is 0.504 e. The van der Waals surface area contributed by atoms with E-state index < -0.39 is 22.5 Å². The zero-order valence-electron chi connectivity index (χ0n) is 11.9. The van der Waals surface area contributed by atoms with Crippen molar-refractivity contribution < 1.29 is 19.2 Å². The number of amides is 1. The van der Waals surface area contributed by atoms with E-state index in [2.05, 4.69) is 5.32 Å². The second-order valence-electron chi connectivity index (χ2n) is 4.70. The van der Waals surface area contributed by atoms with E-state index in [4.69, 9.17) is 0 Å². The van der Waals surface area contributed by atoms with Gasteiger partial charge >= 0.3 is 0 Å². The van der Waals surface area contributed by atoms with E-state index in [1.807, 2.05) is 30.3 Å². The molecule has 3 N–H and O–H groups in total. The van der Waals surface area contributed by atoms with Crippen LogP contribution in [0.25, 0.3) is 0 Å². The van der Waals surface area contributed by atoms with Crippen LogP contribution in [0.15, 0.2) is 48.5 Å². The second-order valence-corrected chi connectivity index (χ2v) is 6.28. The Morgan fingerprint density at radius 3 is 2.50 bits per heavy atom. The van der Waals surface area contributed by atoms with E-state index in [1.165, 1.54) is 18.2 Å². The Bertz CT molecular complexity index is 673. The Hall–Kier alpha value is -2.34. The molecular formula is C16H17NO4S. The third kappa shape index (κ3) is 4.33. The normalized spacial score (nSPS) is 11.8. The van der Waals surface area contributed by atoms with Crippen LogP contribution in [0.4, 0.5) is 0 Å². The van der Waals surface area contributed by atoms with Crippen LogP contribution >= 0.6 is 0 Å². The maximum atomic E-state index is 11.9. The topological polar surface area (TPSA) is 86.6 Å². The molecule has 0 fully saturated rings. The van der Waals surface area contributed by atoms with Gasteiger partial charge in [0, 0.05) is 28.9 Å². The van der Waals surface area contributed by atoms with Crippen molar-refractivity contribution in [2.45, 2.75) is 5.75 Å². The number of rotatable bonds is 6. The molecule has 1 atom stereocenters. The summed E-state index contributed by atoms with van der Waals surface area (Å²) >= 11 is 0. The van der Waals surface area contributed by atoms with Crippen molar-refractivity contribution in [3.63, 3.8) is 0 Å². The molecule has 0 aliphatic carbocycles. The fourth-order valence-corrected chi connectivity index (χ4v) is 2.96. The molecule has 0 bridgehead atoms. The number of carbonyl (C=O) groups excluding carboxylic acids is 1. The van der Waals surface area contributed by atoms with Crippen LogP contribution in [0, 0.1) is 0 Å². The Balaban J connectivity index is 1.82. The van der Waals surface area contributed by atoms with Crippen molar-refractivity contribution in [2.75, 3.05) is 12.3 Å². The fourth-order valence-electron chi connectivity index (χ4n) is 1.92. The minimum atomic E-state index is -1.08. The summed E-state index contributed by atoms with van der Waals surface area (Å²) in [5.74, 6) is -0.551. The number of phenolic OH excluding ortho intramolecular Hbond substituents is 2.